The number of hydrazine groups is 2. The lowest BCUT2D eigenvalue weighted by Gasteiger charge is -2.03. The molecule has 2 aromatic rings. The van der Waals surface area contributed by atoms with E-state index in [1.165, 1.54) is 0 Å². The molecule has 0 radical (unpaired) electrons. The first-order valence-corrected chi connectivity index (χ1v) is 7.28. The molecule has 112 valence electrons. The van der Waals surface area contributed by atoms with Gasteiger partial charge in [-0.25, -0.2) is 24.9 Å². The van der Waals surface area contributed by atoms with Crippen LogP contribution in [0.15, 0.2) is 70.5 Å². The smallest absolute Gasteiger partial charge is 0.343 e. The highest BCUT2D eigenvalue weighted by Crippen LogP contribution is 2.19. The second-order valence-electron chi connectivity index (χ2n) is 3.88. The zero-order valence-electron chi connectivity index (χ0n) is 11.1. The van der Waals surface area contributed by atoms with E-state index in [9.17, 15) is 13.2 Å². The summed E-state index contributed by atoms with van der Waals surface area (Å²) in [6, 6.07) is 16.0. The fourth-order valence-electron chi connectivity index (χ4n) is 1.34. The summed E-state index contributed by atoms with van der Waals surface area (Å²) in [5.41, 5.74) is 4.47. The highest BCUT2D eigenvalue weighted by Gasteiger charge is 2.15. The predicted octanol–water partition coefficient (Wildman–Crippen LogP) is 0.634. The Balaban J connectivity index is 0.000000315. The van der Waals surface area contributed by atoms with E-state index in [-0.39, 0.29) is 0 Å². The standard InChI is InChI=1S/C12H10O2S.CH6N4O/c13-15(14,11-7-3-1-4-8-11)12-9-5-2-6-10-12;2-1(6)5(3)4/h1-10H;3-4H2,(H2,2,6). The molecule has 8 heteroatoms. The minimum Gasteiger partial charge on any atom is -0.349 e. The fraction of sp³-hybridized carbons (Fsp3) is 0. The number of nitrogens with zero attached hydrogens (tertiary/aromatic N) is 1. The van der Waals surface area contributed by atoms with Gasteiger partial charge in [0.2, 0.25) is 9.84 Å². The molecule has 0 fully saturated rings. The van der Waals surface area contributed by atoms with Gasteiger partial charge >= 0.3 is 6.03 Å². The maximum Gasteiger partial charge on any atom is 0.343 e. The summed E-state index contributed by atoms with van der Waals surface area (Å²) in [6.45, 7) is 0. The van der Waals surface area contributed by atoms with E-state index in [2.05, 4.69) is 17.4 Å². The highest BCUT2D eigenvalue weighted by molar-refractivity contribution is 7.91. The number of hydrogen-bond acceptors (Lipinski definition) is 5. The van der Waals surface area contributed by atoms with Crippen molar-refractivity contribution in [2.24, 2.45) is 17.4 Å². The van der Waals surface area contributed by atoms with Crippen LogP contribution < -0.4 is 17.4 Å². The molecule has 0 aliphatic carbocycles. The van der Waals surface area contributed by atoms with Gasteiger partial charge in [-0.2, -0.15) is 5.12 Å². The topological polar surface area (TPSA) is 133 Å². The van der Waals surface area contributed by atoms with Gasteiger partial charge in [0.25, 0.3) is 0 Å². The average molecular weight is 308 g/mol. The number of carbonyl (C=O) groups is 1. The monoisotopic (exact) mass is 308 g/mol. The third-order valence-electron chi connectivity index (χ3n) is 2.36. The van der Waals surface area contributed by atoms with Crippen LogP contribution in [0.25, 0.3) is 0 Å². The van der Waals surface area contributed by atoms with Crippen molar-refractivity contribution in [1.82, 2.24) is 5.12 Å². The predicted molar refractivity (Wildman–Crippen MR) is 78.1 cm³/mol. The number of urea groups is 1. The molecule has 0 aliphatic rings. The Labute approximate surface area is 122 Å². The Bertz CT molecular complexity index is 628. The lowest BCUT2D eigenvalue weighted by Crippen LogP contribution is -2.46. The van der Waals surface area contributed by atoms with Crippen LogP contribution in [0.4, 0.5) is 4.79 Å². The van der Waals surface area contributed by atoms with Gasteiger partial charge in [-0.05, 0) is 24.3 Å². The summed E-state index contributed by atoms with van der Waals surface area (Å²) in [7, 11) is -3.34. The van der Waals surface area contributed by atoms with E-state index in [1.807, 2.05) is 0 Å². The molecule has 6 N–H and O–H groups in total. The van der Waals surface area contributed by atoms with Crippen LogP contribution >= 0.6 is 0 Å². The van der Waals surface area contributed by atoms with E-state index >= 15 is 0 Å². The number of rotatable bonds is 2. The molecule has 0 aromatic heterocycles. The summed E-state index contributed by atoms with van der Waals surface area (Å²) >= 11 is 0. The maximum absolute atomic E-state index is 12.0. The SMILES string of the molecule is NC(=O)N(N)N.O=S(=O)(c1ccccc1)c1ccccc1. The van der Waals surface area contributed by atoms with Gasteiger partial charge in [0.1, 0.15) is 0 Å². The van der Waals surface area contributed by atoms with Gasteiger partial charge in [0.05, 0.1) is 9.79 Å². The van der Waals surface area contributed by atoms with E-state index in [4.69, 9.17) is 0 Å². The minimum absolute atomic E-state index is 0.306. The molecule has 0 heterocycles. The van der Waals surface area contributed by atoms with Gasteiger partial charge in [-0.1, -0.05) is 36.4 Å². The summed E-state index contributed by atoms with van der Waals surface area (Å²) in [6.07, 6.45) is 0. The first-order valence-electron chi connectivity index (χ1n) is 5.80. The number of hydrogen-bond donors (Lipinski definition) is 3. The highest BCUT2D eigenvalue weighted by atomic mass is 32.2. The van der Waals surface area contributed by atoms with Crippen molar-refractivity contribution >= 4 is 15.9 Å². The molecule has 2 aromatic carbocycles. The molecule has 0 unspecified atom stereocenters. The van der Waals surface area contributed by atoms with Crippen LogP contribution in [0.2, 0.25) is 0 Å². The maximum atomic E-state index is 12.0. The van der Waals surface area contributed by atoms with Gasteiger partial charge in [-0.3, -0.25) is 0 Å². The molecule has 0 saturated carbocycles. The normalized spacial score (nSPS) is 10.2. The van der Waals surface area contributed by atoms with Crippen molar-refractivity contribution in [3.63, 3.8) is 0 Å². The summed E-state index contributed by atoms with van der Waals surface area (Å²) in [5.74, 6) is 9.14. The van der Waals surface area contributed by atoms with Gasteiger partial charge in [0.15, 0.2) is 0 Å². The zero-order valence-corrected chi connectivity index (χ0v) is 11.9. The van der Waals surface area contributed by atoms with Crippen LogP contribution in [0.1, 0.15) is 0 Å². The lowest BCUT2D eigenvalue weighted by atomic mass is 10.4. The second kappa shape index (κ2) is 7.39. The third kappa shape index (κ3) is 4.88. The van der Waals surface area contributed by atoms with E-state index in [0.717, 1.165) is 0 Å². The Morgan fingerprint density at radius 2 is 1.10 bits per heavy atom. The lowest BCUT2D eigenvalue weighted by molar-refractivity contribution is 0.210. The molecule has 21 heavy (non-hydrogen) atoms. The number of nitrogens with two attached hydrogens (primary N) is 3. The minimum atomic E-state index is -3.34. The molecule has 0 bridgehead atoms. The molecule has 2 amide bonds. The first kappa shape index (κ1) is 16.6. The van der Waals surface area contributed by atoms with Crippen LogP contribution in [0.3, 0.4) is 0 Å². The van der Waals surface area contributed by atoms with Crippen molar-refractivity contribution in [1.29, 1.82) is 0 Å². The quantitative estimate of drug-likeness (QED) is 0.425. The van der Waals surface area contributed by atoms with Gasteiger partial charge in [0, 0.05) is 0 Å². The van der Waals surface area contributed by atoms with Crippen molar-refractivity contribution in [2.45, 2.75) is 9.79 Å². The number of carbonyl (C=O) groups excluding carboxylic acids is 1. The Morgan fingerprint density at radius 1 is 0.810 bits per heavy atom. The molecule has 0 saturated heterocycles. The number of primary amides is 1. The molecular formula is C13H16N4O3S. The summed E-state index contributed by atoms with van der Waals surface area (Å²) in [5, 5.41) is 0.306. The summed E-state index contributed by atoms with van der Waals surface area (Å²) in [4.78, 5) is 10.3. The number of amides is 2. The second-order valence-corrected chi connectivity index (χ2v) is 5.82. The average Bonchev–Trinajstić information content (AvgIpc) is 2.49. The van der Waals surface area contributed by atoms with E-state index < -0.39 is 15.9 Å². The van der Waals surface area contributed by atoms with Crippen LogP contribution in [0.5, 0.6) is 0 Å². The van der Waals surface area contributed by atoms with Crippen molar-refractivity contribution in [3.8, 4) is 0 Å². The number of benzene rings is 2. The van der Waals surface area contributed by atoms with Crippen molar-refractivity contribution in [3.05, 3.63) is 60.7 Å². The molecule has 0 atom stereocenters. The molecule has 0 aliphatic heterocycles. The number of sulfone groups is 1. The van der Waals surface area contributed by atoms with Crippen LogP contribution in [0, 0.1) is 0 Å². The zero-order chi connectivity index (χ0) is 15.9. The summed E-state index contributed by atoms with van der Waals surface area (Å²) < 4.78 is 24.1. The fourth-order valence-corrected chi connectivity index (χ4v) is 2.64. The molecule has 2 rings (SSSR count). The molecule has 7 nitrogen and oxygen atoms in total. The first-order chi connectivity index (χ1) is 9.85. The molecule has 0 spiro atoms. The third-order valence-corrected chi connectivity index (χ3v) is 4.15. The van der Waals surface area contributed by atoms with Gasteiger partial charge in [-0.15, -0.1) is 0 Å². The Hall–Kier alpha value is -2.42. The van der Waals surface area contributed by atoms with E-state index in [1.54, 1.807) is 60.7 Å². The van der Waals surface area contributed by atoms with Crippen molar-refractivity contribution in [2.75, 3.05) is 0 Å². The largest absolute Gasteiger partial charge is 0.349 e. The van der Waals surface area contributed by atoms with E-state index in [0.29, 0.717) is 14.9 Å². The Kier molecular flexibility index (Phi) is 5.85. The van der Waals surface area contributed by atoms with Crippen LogP contribution in [-0.4, -0.2) is 19.6 Å². The van der Waals surface area contributed by atoms with Crippen LogP contribution in [-0.2, 0) is 9.84 Å². The Morgan fingerprint density at radius 3 is 1.33 bits per heavy atom. The van der Waals surface area contributed by atoms with Gasteiger partial charge < -0.3 is 5.73 Å². The molecular weight excluding hydrogens is 292 g/mol. The van der Waals surface area contributed by atoms with Crippen molar-refractivity contribution < 1.29 is 13.2 Å².